The molecule has 1 amide bonds. The fourth-order valence-electron chi connectivity index (χ4n) is 1.05. The van der Waals surface area contributed by atoms with Crippen LogP contribution in [-0.4, -0.2) is 36.1 Å². The van der Waals surface area contributed by atoms with Crippen molar-refractivity contribution in [3.05, 3.63) is 12.2 Å². The van der Waals surface area contributed by atoms with Crippen LogP contribution in [0.3, 0.4) is 0 Å². The van der Waals surface area contributed by atoms with Gasteiger partial charge in [-0.25, -0.2) is 5.01 Å². The normalized spacial score (nSPS) is 10.1. The van der Waals surface area contributed by atoms with Gasteiger partial charge in [0.25, 0.3) is 5.91 Å². The summed E-state index contributed by atoms with van der Waals surface area (Å²) in [4.78, 5) is 11.4. The van der Waals surface area contributed by atoms with Gasteiger partial charge in [0.15, 0.2) is 0 Å². The van der Waals surface area contributed by atoms with E-state index in [1.54, 1.807) is 19.0 Å². The van der Waals surface area contributed by atoms with Gasteiger partial charge in [-0.15, -0.1) is 0 Å². The van der Waals surface area contributed by atoms with Crippen LogP contribution in [-0.2, 0) is 4.79 Å². The second-order valence-corrected chi connectivity index (χ2v) is 2.75. The van der Waals surface area contributed by atoms with Gasteiger partial charge < -0.3 is 0 Å². The molecule has 0 unspecified atom stereocenters. The highest BCUT2D eigenvalue weighted by Gasteiger charge is 2.13. The minimum atomic E-state index is -0.0151. The summed E-state index contributed by atoms with van der Waals surface area (Å²) in [7, 11) is 1.77. The number of hydrazine groups is 1. The van der Waals surface area contributed by atoms with Crippen LogP contribution in [0.4, 0.5) is 0 Å². The van der Waals surface area contributed by atoms with Crippen LogP contribution in [0.15, 0.2) is 12.2 Å². The summed E-state index contributed by atoms with van der Waals surface area (Å²) < 4.78 is 0. The van der Waals surface area contributed by atoms with Gasteiger partial charge in [0.05, 0.1) is 0 Å². The van der Waals surface area contributed by atoms with Gasteiger partial charge in [-0.05, 0) is 6.92 Å². The maximum atomic E-state index is 11.4. The molecular weight excluding hydrogens is 152 g/mol. The van der Waals surface area contributed by atoms with Crippen molar-refractivity contribution in [1.29, 1.82) is 0 Å². The third-order valence-corrected chi connectivity index (χ3v) is 1.81. The average Bonchev–Trinajstić information content (AvgIpc) is 2.05. The number of carbonyl (C=O) groups is 1. The lowest BCUT2D eigenvalue weighted by atomic mass is 10.3. The van der Waals surface area contributed by atoms with Crippen molar-refractivity contribution in [3.8, 4) is 0 Å². The van der Waals surface area contributed by atoms with Gasteiger partial charge in [0, 0.05) is 25.7 Å². The molecule has 0 heterocycles. The van der Waals surface area contributed by atoms with E-state index < -0.39 is 0 Å². The number of hydrogen-bond donors (Lipinski definition) is 0. The summed E-state index contributed by atoms with van der Waals surface area (Å²) >= 11 is 0. The van der Waals surface area contributed by atoms with Crippen LogP contribution in [0.25, 0.3) is 0 Å². The predicted octanol–water partition coefficient (Wildman–Crippen LogP) is 1.28. The second kappa shape index (κ2) is 4.93. The van der Waals surface area contributed by atoms with Crippen LogP contribution >= 0.6 is 0 Å². The Bertz CT molecular complexity index is 173. The highest BCUT2D eigenvalue weighted by molar-refractivity contribution is 5.91. The van der Waals surface area contributed by atoms with E-state index in [9.17, 15) is 4.79 Å². The van der Waals surface area contributed by atoms with E-state index in [1.807, 2.05) is 18.9 Å². The maximum Gasteiger partial charge on any atom is 0.262 e. The lowest BCUT2D eigenvalue weighted by Gasteiger charge is -2.29. The molecule has 0 saturated carbocycles. The Morgan fingerprint density at radius 2 is 1.75 bits per heavy atom. The van der Waals surface area contributed by atoms with Crippen molar-refractivity contribution < 1.29 is 4.79 Å². The zero-order chi connectivity index (χ0) is 9.72. The molecule has 12 heavy (non-hydrogen) atoms. The lowest BCUT2D eigenvalue weighted by Crippen LogP contribution is -2.43. The van der Waals surface area contributed by atoms with Crippen LogP contribution < -0.4 is 0 Å². The molecule has 0 N–H and O–H groups in total. The van der Waals surface area contributed by atoms with Crippen molar-refractivity contribution in [2.45, 2.75) is 20.8 Å². The van der Waals surface area contributed by atoms with Crippen molar-refractivity contribution in [2.75, 3.05) is 20.1 Å². The Labute approximate surface area is 74.6 Å². The van der Waals surface area contributed by atoms with E-state index in [0.717, 1.165) is 13.1 Å². The molecule has 0 aromatic rings. The molecule has 0 rings (SSSR count). The second-order valence-electron chi connectivity index (χ2n) is 2.75. The Morgan fingerprint density at radius 3 is 2.00 bits per heavy atom. The number of amides is 1. The fourth-order valence-corrected chi connectivity index (χ4v) is 1.05. The predicted molar refractivity (Wildman–Crippen MR) is 50.5 cm³/mol. The van der Waals surface area contributed by atoms with Crippen LogP contribution in [0.2, 0.25) is 0 Å². The minimum Gasteiger partial charge on any atom is -0.275 e. The first-order chi connectivity index (χ1) is 5.54. The van der Waals surface area contributed by atoms with Gasteiger partial charge in [-0.3, -0.25) is 9.80 Å². The highest BCUT2D eigenvalue weighted by Crippen LogP contribution is 2.00. The zero-order valence-corrected chi connectivity index (χ0v) is 8.42. The standard InChI is InChI=1S/C9H18N2O/c1-6-11(7-2)10(5)9(12)8(3)4/h3,6-7H2,1-2,4-5H3. The maximum absolute atomic E-state index is 11.4. The molecule has 3 heteroatoms. The van der Waals surface area contributed by atoms with Crippen LogP contribution in [0.5, 0.6) is 0 Å². The van der Waals surface area contributed by atoms with Gasteiger partial charge in [-0.2, -0.15) is 0 Å². The summed E-state index contributed by atoms with van der Waals surface area (Å²) in [5.74, 6) is -0.0151. The number of nitrogens with zero attached hydrogens (tertiary/aromatic N) is 2. The lowest BCUT2D eigenvalue weighted by molar-refractivity contribution is -0.140. The monoisotopic (exact) mass is 170 g/mol. The Hall–Kier alpha value is -0.830. The molecule has 0 fully saturated rings. The van der Waals surface area contributed by atoms with E-state index >= 15 is 0 Å². The molecular formula is C9H18N2O. The van der Waals surface area contributed by atoms with Crippen molar-refractivity contribution >= 4 is 5.91 Å². The highest BCUT2D eigenvalue weighted by atomic mass is 16.2. The largest absolute Gasteiger partial charge is 0.275 e. The van der Waals surface area contributed by atoms with Gasteiger partial charge in [-0.1, -0.05) is 20.4 Å². The molecule has 0 bridgehead atoms. The number of rotatable bonds is 4. The fraction of sp³-hybridized carbons (Fsp3) is 0.667. The van der Waals surface area contributed by atoms with E-state index in [2.05, 4.69) is 6.58 Å². The van der Waals surface area contributed by atoms with Gasteiger partial charge in [0.2, 0.25) is 0 Å². The molecule has 0 aromatic carbocycles. The molecule has 0 radical (unpaired) electrons. The Balaban J connectivity index is 4.25. The molecule has 70 valence electrons. The zero-order valence-electron chi connectivity index (χ0n) is 8.42. The van der Waals surface area contributed by atoms with E-state index in [-0.39, 0.29) is 5.91 Å². The molecule has 0 saturated heterocycles. The molecule has 0 aliphatic heterocycles. The molecule has 0 atom stereocenters. The first kappa shape index (κ1) is 11.2. The Kier molecular flexibility index (Phi) is 4.59. The third kappa shape index (κ3) is 2.66. The SMILES string of the molecule is C=C(C)C(=O)N(C)N(CC)CC. The van der Waals surface area contributed by atoms with E-state index in [1.165, 1.54) is 0 Å². The van der Waals surface area contributed by atoms with Crippen molar-refractivity contribution in [2.24, 2.45) is 0 Å². The van der Waals surface area contributed by atoms with Crippen LogP contribution in [0, 0.1) is 0 Å². The minimum absolute atomic E-state index is 0.0151. The van der Waals surface area contributed by atoms with Gasteiger partial charge in [0.1, 0.15) is 0 Å². The van der Waals surface area contributed by atoms with E-state index in [0.29, 0.717) is 5.57 Å². The van der Waals surface area contributed by atoms with Crippen LogP contribution in [0.1, 0.15) is 20.8 Å². The van der Waals surface area contributed by atoms with Crippen molar-refractivity contribution in [1.82, 2.24) is 10.0 Å². The molecule has 0 spiro atoms. The molecule has 0 aliphatic rings. The summed E-state index contributed by atoms with van der Waals surface area (Å²) in [6.07, 6.45) is 0. The van der Waals surface area contributed by atoms with E-state index in [4.69, 9.17) is 0 Å². The molecule has 3 nitrogen and oxygen atoms in total. The quantitative estimate of drug-likeness (QED) is 0.468. The first-order valence-corrected chi connectivity index (χ1v) is 4.23. The summed E-state index contributed by atoms with van der Waals surface area (Å²) in [6.45, 7) is 11.1. The number of likely N-dealkylation sites (N-methyl/N-ethyl adjacent to an activating group) is 1. The topological polar surface area (TPSA) is 23.6 Å². The summed E-state index contributed by atoms with van der Waals surface area (Å²) in [5, 5.41) is 3.57. The average molecular weight is 170 g/mol. The summed E-state index contributed by atoms with van der Waals surface area (Å²) in [5.41, 5.74) is 0.574. The number of hydrogen-bond acceptors (Lipinski definition) is 2. The summed E-state index contributed by atoms with van der Waals surface area (Å²) in [6, 6.07) is 0. The third-order valence-electron chi connectivity index (χ3n) is 1.81. The smallest absolute Gasteiger partial charge is 0.262 e. The van der Waals surface area contributed by atoms with Crippen molar-refractivity contribution in [3.63, 3.8) is 0 Å². The molecule has 0 aliphatic carbocycles. The van der Waals surface area contributed by atoms with Gasteiger partial charge >= 0.3 is 0 Å². The Morgan fingerprint density at radius 1 is 1.33 bits per heavy atom. The first-order valence-electron chi connectivity index (χ1n) is 4.23. The number of carbonyl (C=O) groups excluding carboxylic acids is 1. The molecule has 0 aromatic heterocycles.